The van der Waals surface area contributed by atoms with E-state index in [1.165, 1.54) is 24.0 Å². The molecule has 0 amide bonds. The van der Waals surface area contributed by atoms with Gasteiger partial charge in [-0.15, -0.1) is 0 Å². The highest BCUT2D eigenvalue weighted by molar-refractivity contribution is 6.29. The summed E-state index contributed by atoms with van der Waals surface area (Å²) in [6, 6.07) is 21.0. The van der Waals surface area contributed by atoms with E-state index in [0.717, 1.165) is 35.2 Å². The molecule has 3 aromatic rings. The van der Waals surface area contributed by atoms with Crippen LogP contribution in [0.4, 0.5) is 11.4 Å². The molecule has 4 heteroatoms. The molecule has 5 rings (SSSR count). The number of halogens is 1. The first kappa shape index (κ1) is 15.6. The highest BCUT2D eigenvalue weighted by Crippen LogP contribution is 2.41. The van der Waals surface area contributed by atoms with E-state index < -0.39 is 0 Å². The number of nitrogens with zero attached hydrogens (tertiary/aromatic N) is 3. The minimum Gasteiger partial charge on any atom is -0.321 e. The summed E-state index contributed by atoms with van der Waals surface area (Å²) >= 11 is 5.97. The van der Waals surface area contributed by atoms with Crippen molar-refractivity contribution in [2.45, 2.75) is 25.3 Å². The second-order valence-electron chi connectivity index (χ2n) is 6.89. The van der Waals surface area contributed by atoms with Gasteiger partial charge in [0.15, 0.2) is 0 Å². The zero-order chi connectivity index (χ0) is 17.5. The fraction of sp³-hybridized carbons (Fsp3) is 0.182. The van der Waals surface area contributed by atoms with Gasteiger partial charge in [-0.2, -0.15) is 0 Å². The fourth-order valence-electron chi connectivity index (χ4n) is 3.46. The van der Waals surface area contributed by atoms with Crippen molar-refractivity contribution in [1.29, 1.82) is 0 Å². The molecule has 0 spiro atoms. The van der Waals surface area contributed by atoms with Crippen LogP contribution in [0.3, 0.4) is 0 Å². The number of benzene rings is 2. The second kappa shape index (κ2) is 6.26. The molecule has 0 saturated heterocycles. The number of para-hydroxylation sites is 1. The predicted octanol–water partition coefficient (Wildman–Crippen LogP) is 5.71. The van der Waals surface area contributed by atoms with Crippen LogP contribution in [-0.2, 0) is 6.54 Å². The van der Waals surface area contributed by atoms with Crippen molar-refractivity contribution in [3.63, 3.8) is 0 Å². The number of anilines is 1. The Morgan fingerprint density at radius 3 is 2.46 bits per heavy atom. The number of fused-ring (bicyclic) bond motifs is 1. The number of aliphatic imine (C=N–C) groups is 1. The zero-order valence-corrected chi connectivity index (χ0v) is 15.0. The van der Waals surface area contributed by atoms with Gasteiger partial charge in [0.25, 0.3) is 0 Å². The average molecular weight is 360 g/mol. The largest absolute Gasteiger partial charge is 0.321 e. The van der Waals surface area contributed by atoms with Gasteiger partial charge in [-0.05, 0) is 60.2 Å². The molecule has 26 heavy (non-hydrogen) atoms. The summed E-state index contributed by atoms with van der Waals surface area (Å²) in [7, 11) is 0. The van der Waals surface area contributed by atoms with E-state index in [0.29, 0.717) is 5.15 Å². The Hall–Kier alpha value is -2.65. The van der Waals surface area contributed by atoms with Gasteiger partial charge in [-0.1, -0.05) is 41.9 Å². The Morgan fingerprint density at radius 1 is 0.923 bits per heavy atom. The lowest BCUT2D eigenvalue weighted by Gasteiger charge is -2.31. The molecule has 1 aliphatic carbocycles. The van der Waals surface area contributed by atoms with Gasteiger partial charge in [0.05, 0.1) is 12.2 Å². The van der Waals surface area contributed by atoms with E-state index in [9.17, 15) is 0 Å². The highest BCUT2D eigenvalue weighted by atomic mass is 35.5. The Morgan fingerprint density at radius 2 is 1.73 bits per heavy atom. The van der Waals surface area contributed by atoms with Crippen molar-refractivity contribution >= 4 is 28.8 Å². The van der Waals surface area contributed by atoms with E-state index in [2.05, 4.69) is 52.3 Å². The molecule has 1 saturated carbocycles. The van der Waals surface area contributed by atoms with Crippen molar-refractivity contribution in [3.05, 3.63) is 88.7 Å². The van der Waals surface area contributed by atoms with Gasteiger partial charge in [0.2, 0.25) is 0 Å². The Balaban J connectivity index is 1.58. The molecule has 128 valence electrons. The third-order valence-corrected chi connectivity index (χ3v) is 5.26. The number of rotatable bonds is 3. The maximum Gasteiger partial charge on any atom is 0.142 e. The Kier molecular flexibility index (Phi) is 3.75. The third-order valence-electron chi connectivity index (χ3n) is 5.04. The van der Waals surface area contributed by atoms with E-state index in [4.69, 9.17) is 16.6 Å². The third kappa shape index (κ3) is 2.89. The van der Waals surface area contributed by atoms with Crippen LogP contribution in [0.5, 0.6) is 0 Å². The molecule has 0 atom stereocenters. The van der Waals surface area contributed by atoms with Crippen LogP contribution in [0.1, 0.15) is 35.4 Å². The van der Waals surface area contributed by atoms with Crippen LogP contribution in [0, 0.1) is 0 Å². The normalized spacial score (nSPS) is 16.2. The van der Waals surface area contributed by atoms with Crippen LogP contribution in [-0.4, -0.2) is 10.8 Å². The number of aromatic nitrogens is 1. The molecule has 3 nitrogen and oxygen atoms in total. The van der Waals surface area contributed by atoms with Crippen molar-refractivity contribution in [2.75, 3.05) is 4.90 Å². The van der Waals surface area contributed by atoms with E-state index >= 15 is 0 Å². The molecule has 2 aliphatic rings. The second-order valence-corrected chi connectivity index (χ2v) is 7.27. The van der Waals surface area contributed by atoms with Crippen molar-refractivity contribution < 1.29 is 0 Å². The van der Waals surface area contributed by atoms with Gasteiger partial charge in [0, 0.05) is 17.4 Å². The minimum atomic E-state index is 0.492. The number of pyridine rings is 1. The molecule has 1 aliphatic heterocycles. The van der Waals surface area contributed by atoms with Crippen LogP contribution in [0.15, 0.2) is 71.9 Å². The lowest BCUT2D eigenvalue weighted by atomic mass is 10.1. The SMILES string of the molecule is Clc1ccc(C2=Nc3ccccc3CN2c2ccc(C3CC3)cc2)cn1. The van der Waals surface area contributed by atoms with Crippen molar-refractivity contribution in [1.82, 2.24) is 4.98 Å². The minimum absolute atomic E-state index is 0.492. The first-order valence-electron chi connectivity index (χ1n) is 8.94. The summed E-state index contributed by atoms with van der Waals surface area (Å²) in [5.41, 5.74) is 5.80. The summed E-state index contributed by atoms with van der Waals surface area (Å²) in [5, 5.41) is 0.492. The molecule has 0 unspecified atom stereocenters. The maximum atomic E-state index is 5.97. The van der Waals surface area contributed by atoms with Crippen molar-refractivity contribution in [3.8, 4) is 0 Å². The average Bonchev–Trinajstić information content (AvgIpc) is 3.53. The van der Waals surface area contributed by atoms with E-state index in [1.54, 1.807) is 6.20 Å². The molecular formula is C22H18ClN3. The van der Waals surface area contributed by atoms with E-state index in [1.807, 2.05) is 18.2 Å². The monoisotopic (exact) mass is 359 g/mol. The Labute approximate surface area is 158 Å². The summed E-state index contributed by atoms with van der Waals surface area (Å²) in [6.07, 6.45) is 4.43. The molecule has 2 aromatic carbocycles. The lowest BCUT2D eigenvalue weighted by Crippen LogP contribution is -2.33. The standard InChI is InChI=1S/C22H18ClN3/c23-21-12-9-17(13-24-21)22-25-20-4-2-1-3-18(20)14-26(22)19-10-7-16(8-11-19)15-5-6-15/h1-4,7-13,15H,5-6,14H2. The van der Waals surface area contributed by atoms with Gasteiger partial charge in [-0.25, -0.2) is 9.98 Å². The Bertz CT molecular complexity index is 973. The van der Waals surface area contributed by atoms with Crippen molar-refractivity contribution in [2.24, 2.45) is 4.99 Å². The summed E-state index contributed by atoms with van der Waals surface area (Å²) in [6.45, 7) is 0.792. The molecule has 1 fully saturated rings. The lowest BCUT2D eigenvalue weighted by molar-refractivity contribution is 0.974. The van der Waals surface area contributed by atoms with Crippen LogP contribution < -0.4 is 4.90 Å². The van der Waals surface area contributed by atoms with Gasteiger partial charge >= 0.3 is 0 Å². The van der Waals surface area contributed by atoms with Crippen LogP contribution in [0.2, 0.25) is 5.15 Å². The highest BCUT2D eigenvalue weighted by Gasteiger charge is 2.25. The predicted molar refractivity (Wildman–Crippen MR) is 106 cm³/mol. The fourth-order valence-corrected chi connectivity index (χ4v) is 3.57. The van der Waals surface area contributed by atoms with Gasteiger partial charge in [-0.3, -0.25) is 0 Å². The molecular weight excluding hydrogens is 342 g/mol. The van der Waals surface area contributed by atoms with Gasteiger partial charge in [0.1, 0.15) is 11.0 Å². The molecule has 1 aromatic heterocycles. The molecule has 0 bridgehead atoms. The summed E-state index contributed by atoms with van der Waals surface area (Å²) in [4.78, 5) is 11.4. The van der Waals surface area contributed by atoms with E-state index in [-0.39, 0.29) is 0 Å². The quantitative estimate of drug-likeness (QED) is 0.560. The molecule has 2 heterocycles. The summed E-state index contributed by atoms with van der Waals surface area (Å²) in [5.74, 6) is 1.67. The number of hydrogen-bond acceptors (Lipinski definition) is 3. The van der Waals surface area contributed by atoms with Crippen LogP contribution in [0.25, 0.3) is 0 Å². The summed E-state index contributed by atoms with van der Waals surface area (Å²) < 4.78 is 0. The van der Waals surface area contributed by atoms with Gasteiger partial charge < -0.3 is 4.90 Å². The first-order valence-corrected chi connectivity index (χ1v) is 9.32. The smallest absolute Gasteiger partial charge is 0.142 e. The topological polar surface area (TPSA) is 28.5 Å². The molecule has 0 radical (unpaired) electrons. The first-order chi connectivity index (χ1) is 12.8. The molecule has 0 N–H and O–H groups in total. The van der Waals surface area contributed by atoms with Crippen LogP contribution >= 0.6 is 11.6 Å². The maximum absolute atomic E-state index is 5.97. The zero-order valence-electron chi connectivity index (χ0n) is 14.3. The number of hydrogen-bond donors (Lipinski definition) is 0. The number of amidine groups is 1.